The molecule has 10 aromatic carbocycles. The summed E-state index contributed by atoms with van der Waals surface area (Å²) in [5.41, 5.74) is 31.6. The Bertz CT molecular complexity index is 4230. The van der Waals surface area contributed by atoms with Gasteiger partial charge >= 0.3 is 0 Å². The van der Waals surface area contributed by atoms with Crippen molar-refractivity contribution in [3.05, 3.63) is 271 Å². The van der Waals surface area contributed by atoms with Crippen LogP contribution in [0.3, 0.4) is 0 Å². The molecular weight excluding hydrogens is 1290 g/mol. The molecule has 0 heterocycles. The fourth-order valence-electron chi connectivity index (χ4n) is 15.8. The molecule has 0 aromatic heterocycles. The molecule has 0 spiro atoms. The molecule has 10 aromatic rings. The molecule has 0 saturated heterocycles. The summed E-state index contributed by atoms with van der Waals surface area (Å²) < 4.78 is 0. The molecule has 1 aliphatic rings. The molecule has 11 rings (SSSR count). The number of aliphatic hydroxyl groups excluding tert-OH is 2. The monoisotopic (exact) mass is 1410 g/mol. The lowest BCUT2D eigenvalue weighted by Crippen LogP contribution is -2.13. The third-order valence-electron chi connectivity index (χ3n) is 22.2. The quantitative estimate of drug-likeness (QED) is 0.0482. The predicted octanol–water partition coefficient (Wildman–Crippen LogP) is 30.4. The number of nitrogens with zero attached hydrogens (tertiary/aromatic N) is 2. The summed E-state index contributed by atoms with van der Waals surface area (Å²) in [6.45, 7) is 54.8. The molecule has 106 heavy (non-hydrogen) atoms. The van der Waals surface area contributed by atoms with E-state index < -0.39 is 0 Å². The van der Waals surface area contributed by atoms with Crippen LogP contribution in [0.15, 0.2) is 194 Å². The minimum absolute atomic E-state index is 0.0978. The second kappa shape index (κ2) is 31.5. The summed E-state index contributed by atoms with van der Waals surface area (Å²) in [5.74, 6) is 3.38. The number of phenols is 2. The van der Waals surface area contributed by atoms with Crippen LogP contribution in [0.4, 0.5) is 34.1 Å². The van der Waals surface area contributed by atoms with Crippen LogP contribution >= 0.6 is 0 Å². The molecule has 6 nitrogen and oxygen atoms in total. The topological polar surface area (TPSA) is 87.4 Å². The zero-order valence-corrected chi connectivity index (χ0v) is 67.9. The Kier molecular flexibility index (Phi) is 23.1. The number of anilines is 6. The smallest absolute Gasteiger partial charge is 0.139 e. The van der Waals surface area contributed by atoms with Crippen LogP contribution in [0.2, 0.25) is 0 Å². The van der Waals surface area contributed by atoms with E-state index in [0.29, 0.717) is 82.4 Å². The van der Waals surface area contributed by atoms with Gasteiger partial charge in [-0.1, -0.05) is 263 Å². The van der Waals surface area contributed by atoms with Gasteiger partial charge in [-0.15, -0.1) is 0 Å². The van der Waals surface area contributed by atoms with E-state index in [2.05, 4.69) is 322 Å². The average Bonchev–Trinajstić information content (AvgIpc) is 0.735. The minimum atomic E-state index is -0.230. The van der Waals surface area contributed by atoms with Crippen LogP contribution in [0.25, 0.3) is 55.7 Å². The Balaban J connectivity index is 0.982. The molecule has 0 aliphatic heterocycles. The van der Waals surface area contributed by atoms with Crippen molar-refractivity contribution in [2.75, 3.05) is 9.80 Å². The molecule has 0 fully saturated rings. The van der Waals surface area contributed by atoms with Gasteiger partial charge in [-0.05, 0) is 255 Å². The van der Waals surface area contributed by atoms with Gasteiger partial charge in [-0.2, -0.15) is 0 Å². The number of allylic oxidation sites excluding steroid dienone is 2. The molecule has 1 aliphatic carbocycles. The molecule has 552 valence electrons. The molecule has 0 saturated carbocycles. The van der Waals surface area contributed by atoms with Crippen molar-refractivity contribution in [2.45, 2.75) is 237 Å². The maximum Gasteiger partial charge on any atom is 0.139 e. The number of hydrogen-bond donors (Lipinski definition) is 4. The molecule has 0 amide bonds. The van der Waals surface area contributed by atoms with Crippen LogP contribution in [-0.4, -0.2) is 20.4 Å². The number of benzene rings is 10. The van der Waals surface area contributed by atoms with Crippen LogP contribution < -0.4 is 9.80 Å². The molecular formula is C100H118N2O4. The SMILES string of the molecule is CC(C)c1cc(C(C)C)c(-c2ccc(N(c3ccc(-c4c(C(C)C)cc(C(C)C)cc4C(C)C)cc3)c3ccc(C4=C(O)C(c5ccc(N(c6ccc(-c7c(C(C)C)cc(C(C)C)cc7C(C)C)cc6)c6ccc(-c7c(C(C)C)cc(C(C)C)cc7C(C)C)cc6)cc5O)=C4O)c(O)c3)cc2)c(C(C)C)c1. The molecule has 4 N–H and O–H groups in total. The van der Waals surface area contributed by atoms with Crippen molar-refractivity contribution < 1.29 is 20.4 Å². The first kappa shape index (κ1) is 77.6. The standard InChI is InChI=1S/C100H118N2O4/c1-55(2)71-45-83(59(9)10)93(84(46-71)60(11)12)67-25-33-75(34-26-67)101(76-35-27-68(28-36-76)94-85(61(13)14)47-72(56(3)4)48-86(94)62(15)16)79-41-43-81(91(103)53-79)97-99(105)98(100(97)106)82-44-42-80(54-92(82)104)102(77-37-29-69(30-38-77)95-87(63(17)18)49-73(57(5)6)50-88(95)64(19)20)78-39-31-70(32-40-78)96-89(65(21)22)51-74(58(7)8)52-90(96)66(23)24/h25-66,103-106H,1-24H3. The number of rotatable bonds is 24. The Morgan fingerprint density at radius 1 is 0.198 bits per heavy atom. The van der Waals surface area contributed by atoms with E-state index in [-0.39, 0.29) is 45.3 Å². The van der Waals surface area contributed by atoms with Gasteiger partial charge in [0.2, 0.25) is 0 Å². The first-order valence-electron chi connectivity index (χ1n) is 39.4. The summed E-state index contributed by atoms with van der Waals surface area (Å²) in [5, 5.41) is 49.3. The molecule has 6 heteroatoms. The van der Waals surface area contributed by atoms with E-state index in [9.17, 15) is 20.4 Å². The lowest BCUT2D eigenvalue weighted by Gasteiger charge is -2.29. The highest BCUT2D eigenvalue weighted by Crippen LogP contribution is 2.53. The Morgan fingerprint density at radius 3 is 0.519 bits per heavy atom. The van der Waals surface area contributed by atoms with Crippen LogP contribution in [0, 0.1) is 0 Å². The van der Waals surface area contributed by atoms with E-state index in [4.69, 9.17) is 0 Å². The average molecular weight is 1410 g/mol. The third kappa shape index (κ3) is 15.3. The Hall–Kier alpha value is -9.52. The fourth-order valence-corrected chi connectivity index (χ4v) is 15.8. The van der Waals surface area contributed by atoms with E-state index in [1.165, 1.54) is 89.0 Å². The van der Waals surface area contributed by atoms with E-state index in [0.717, 1.165) is 45.0 Å². The largest absolute Gasteiger partial charge is 0.507 e. The van der Waals surface area contributed by atoms with E-state index in [1.807, 2.05) is 12.1 Å². The normalized spacial score (nSPS) is 12.9. The van der Waals surface area contributed by atoms with Crippen LogP contribution in [0.5, 0.6) is 11.5 Å². The second-order valence-corrected chi connectivity index (χ2v) is 33.9. The van der Waals surface area contributed by atoms with Gasteiger partial charge in [-0.3, -0.25) is 0 Å². The summed E-state index contributed by atoms with van der Waals surface area (Å²) in [4.78, 5) is 4.32. The third-order valence-corrected chi connectivity index (χ3v) is 22.2. The first-order valence-corrected chi connectivity index (χ1v) is 39.4. The van der Waals surface area contributed by atoms with E-state index in [1.54, 1.807) is 24.3 Å². The van der Waals surface area contributed by atoms with Crippen molar-refractivity contribution in [3.8, 4) is 56.0 Å². The van der Waals surface area contributed by atoms with Crippen LogP contribution in [0.1, 0.15) is 315 Å². The van der Waals surface area contributed by atoms with Gasteiger partial charge in [0.25, 0.3) is 0 Å². The van der Waals surface area contributed by atoms with Crippen molar-refractivity contribution in [1.29, 1.82) is 0 Å². The summed E-state index contributed by atoms with van der Waals surface area (Å²) >= 11 is 0. The maximum absolute atomic E-state index is 12.4. The maximum atomic E-state index is 12.4. The number of aliphatic hydroxyl groups is 2. The fraction of sp³-hybridized carbons (Fsp3) is 0.360. The molecule has 0 radical (unpaired) electrons. The summed E-state index contributed by atoms with van der Waals surface area (Å²) in [6, 6.07) is 65.3. The van der Waals surface area contributed by atoms with Crippen molar-refractivity contribution in [2.24, 2.45) is 0 Å². The van der Waals surface area contributed by atoms with Gasteiger partial charge in [0, 0.05) is 57.4 Å². The van der Waals surface area contributed by atoms with Gasteiger partial charge in [-0.25, -0.2) is 0 Å². The predicted molar refractivity (Wildman–Crippen MR) is 455 cm³/mol. The summed E-state index contributed by atoms with van der Waals surface area (Å²) in [6.07, 6.45) is 0. The van der Waals surface area contributed by atoms with Gasteiger partial charge in [0.1, 0.15) is 23.0 Å². The Morgan fingerprint density at radius 2 is 0.368 bits per heavy atom. The van der Waals surface area contributed by atoms with Gasteiger partial charge in [0.05, 0.1) is 11.1 Å². The Labute approximate surface area is 636 Å². The first-order chi connectivity index (χ1) is 50.2. The molecule has 0 bridgehead atoms. The highest BCUT2D eigenvalue weighted by Gasteiger charge is 2.36. The van der Waals surface area contributed by atoms with Crippen molar-refractivity contribution >= 4 is 45.3 Å². The zero-order valence-electron chi connectivity index (χ0n) is 67.9. The zero-order chi connectivity index (χ0) is 76.9. The van der Waals surface area contributed by atoms with Gasteiger partial charge < -0.3 is 30.2 Å². The molecule has 0 atom stereocenters. The van der Waals surface area contributed by atoms with Crippen molar-refractivity contribution in [3.63, 3.8) is 0 Å². The van der Waals surface area contributed by atoms with Crippen LogP contribution in [-0.2, 0) is 0 Å². The van der Waals surface area contributed by atoms with Crippen molar-refractivity contribution in [1.82, 2.24) is 0 Å². The second-order valence-electron chi connectivity index (χ2n) is 33.9. The molecule has 0 unspecified atom stereocenters. The number of phenolic OH excluding ortho intramolecular Hbond substituents is 2. The highest BCUT2D eigenvalue weighted by atomic mass is 16.3. The summed E-state index contributed by atoms with van der Waals surface area (Å²) in [7, 11) is 0. The minimum Gasteiger partial charge on any atom is -0.507 e. The highest BCUT2D eigenvalue weighted by molar-refractivity contribution is 6.08. The van der Waals surface area contributed by atoms with Gasteiger partial charge in [0.15, 0.2) is 0 Å². The van der Waals surface area contributed by atoms with E-state index >= 15 is 0 Å². The lowest BCUT2D eigenvalue weighted by molar-refractivity contribution is 0.386. The lowest BCUT2D eigenvalue weighted by atomic mass is 9.81. The number of aromatic hydroxyl groups is 2. The number of hydrogen-bond acceptors (Lipinski definition) is 6.